The van der Waals surface area contributed by atoms with Crippen molar-refractivity contribution in [1.29, 1.82) is 0 Å². The third-order valence-electron chi connectivity index (χ3n) is 6.46. The molecule has 0 aromatic heterocycles. The molecular weight excluding hydrogens is 428 g/mol. The number of ether oxygens (including phenoxy) is 1. The van der Waals surface area contributed by atoms with Crippen molar-refractivity contribution in [2.75, 3.05) is 6.54 Å². The second-order valence-electron chi connectivity index (χ2n) is 8.64. The first-order valence-corrected chi connectivity index (χ1v) is 12.1. The fourth-order valence-corrected chi connectivity index (χ4v) is 5.28. The van der Waals surface area contributed by atoms with Gasteiger partial charge in [-0.1, -0.05) is 67.6 Å². The zero-order valence-electron chi connectivity index (χ0n) is 18.8. The highest BCUT2D eigenvalue weighted by molar-refractivity contribution is 7.80. The minimum Gasteiger partial charge on any atom is -0.489 e. The highest BCUT2D eigenvalue weighted by atomic mass is 32.1. The minimum absolute atomic E-state index is 0.208. The first-order chi connectivity index (χ1) is 16.2. The molecule has 1 aliphatic heterocycles. The largest absolute Gasteiger partial charge is 0.489 e. The molecule has 1 unspecified atom stereocenters. The maximum absolute atomic E-state index is 13.3. The van der Waals surface area contributed by atoms with E-state index in [0.29, 0.717) is 18.1 Å². The Bertz CT molecular complexity index is 1240. The van der Waals surface area contributed by atoms with Gasteiger partial charge in [-0.15, -0.1) is 0 Å². The van der Waals surface area contributed by atoms with E-state index in [1.165, 1.54) is 0 Å². The van der Waals surface area contributed by atoms with Gasteiger partial charge in [0.05, 0.1) is 6.04 Å². The van der Waals surface area contributed by atoms with Crippen molar-refractivity contribution in [2.45, 2.75) is 45.3 Å². The third kappa shape index (κ3) is 4.13. The van der Waals surface area contributed by atoms with Gasteiger partial charge in [0, 0.05) is 29.8 Å². The second-order valence-corrected chi connectivity index (χ2v) is 9.03. The van der Waals surface area contributed by atoms with Crippen molar-refractivity contribution in [3.8, 4) is 5.75 Å². The van der Waals surface area contributed by atoms with Gasteiger partial charge in [-0.2, -0.15) is 0 Å². The summed E-state index contributed by atoms with van der Waals surface area (Å²) in [6, 6.07) is 22.2. The van der Waals surface area contributed by atoms with Crippen LogP contribution in [-0.2, 0) is 11.4 Å². The van der Waals surface area contributed by atoms with Crippen molar-refractivity contribution in [1.82, 2.24) is 10.2 Å². The van der Waals surface area contributed by atoms with Crippen LogP contribution in [0.15, 0.2) is 78.0 Å². The normalized spacial score (nSPS) is 18.3. The van der Waals surface area contributed by atoms with Gasteiger partial charge in [-0.3, -0.25) is 4.79 Å². The van der Waals surface area contributed by atoms with Gasteiger partial charge in [0.25, 0.3) is 0 Å². The Hall–Kier alpha value is -3.18. The van der Waals surface area contributed by atoms with Crippen LogP contribution in [0.3, 0.4) is 0 Å². The summed E-state index contributed by atoms with van der Waals surface area (Å²) in [5.41, 5.74) is 4.03. The molecule has 1 atom stereocenters. The number of hydrogen-bond acceptors (Lipinski definition) is 3. The number of ketones is 1. The molecule has 1 heterocycles. The summed E-state index contributed by atoms with van der Waals surface area (Å²) in [4.78, 5) is 15.4. The van der Waals surface area contributed by atoms with Gasteiger partial charge in [-0.25, -0.2) is 0 Å². The molecule has 5 rings (SSSR count). The van der Waals surface area contributed by atoms with Gasteiger partial charge in [0.2, 0.25) is 0 Å². The number of nitrogens with one attached hydrogen (secondary N) is 1. The number of benzene rings is 3. The summed E-state index contributed by atoms with van der Waals surface area (Å²) >= 11 is 5.81. The Labute approximate surface area is 200 Å². The molecule has 3 aromatic rings. The number of thiocarbonyl (C=S) groups is 1. The quantitative estimate of drug-likeness (QED) is 0.456. The molecular formula is C28H28N2O2S. The number of nitrogens with zero attached hydrogens (tertiary/aromatic N) is 1. The SMILES string of the molecule is CCCN1C(=S)NC(c2c(OCc3ccccc3)ccc3ccccc23)C2=C1CCCC2=O. The molecule has 0 spiro atoms. The average molecular weight is 457 g/mol. The number of carbonyl (C=O) groups excluding carboxylic acids is 1. The molecule has 0 bridgehead atoms. The number of fused-ring (bicyclic) bond motifs is 1. The van der Waals surface area contributed by atoms with Crippen LogP contribution in [0.5, 0.6) is 5.75 Å². The minimum atomic E-state index is -0.315. The van der Waals surface area contributed by atoms with E-state index >= 15 is 0 Å². The third-order valence-corrected chi connectivity index (χ3v) is 6.80. The summed E-state index contributed by atoms with van der Waals surface area (Å²) in [6.07, 6.45) is 3.30. The van der Waals surface area contributed by atoms with Gasteiger partial charge in [0.15, 0.2) is 10.9 Å². The Kier molecular flexibility index (Phi) is 6.14. The van der Waals surface area contributed by atoms with Crippen LogP contribution in [-0.4, -0.2) is 22.3 Å². The van der Waals surface area contributed by atoms with Crippen LogP contribution >= 0.6 is 12.2 Å². The van der Waals surface area contributed by atoms with Crippen molar-refractivity contribution in [2.24, 2.45) is 0 Å². The molecule has 1 N–H and O–H groups in total. The number of allylic oxidation sites excluding steroid dienone is 1. The zero-order valence-corrected chi connectivity index (χ0v) is 19.7. The van der Waals surface area contributed by atoms with Crippen LogP contribution in [0.25, 0.3) is 10.8 Å². The molecule has 0 saturated carbocycles. The summed E-state index contributed by atoms with van der Waals surface area (Å²) < 4.78 is 6.38. The van der Waals surface area contributed by atoms with Crippen LogP contribution in [0, 0.1) is 0 Å². The topological polar surface area (TPSA) is 41.6 Å². The molecule has 0 saturated heterocycles. The summed E-state index contributed by atoms with van der Waals surface area (Å²) in [6.45, 7) is 3.42. The summed E-state index contributed by atoms with van der Waals surface area (Å²) in [5.74, 6) is 0.992. The molecule has 0 amide bonds. The molecule has 4 nitrogen and oxygen atoms in total. The predicted molar refractivity (Wildman–Crippen MR) is 136 cm³/mol. The Balaban J connectivity index is 1.65. The molecule has 0 radical (unpaired) electrons. The highest BCUT2D eigenvalue weighted by Gasteiger charge is 2.38. The van der Waals surface area contributed by atoms with Crippen LogP contribution in [0.4, 0.5) is 0 Å². The van der Waals surface area contributed by atoms with E-state index in [1.807, 2.05) is 36.4 Å². The van der Waals surface area contributed by atoms with E-state index < -0.39 is 0 Å². The predicted octanol–water partition coefficient (Wildman–Crippen LogP) is 6.07. The average Bonchev–Trinajstić information content (AvgIpc) is 2.85. The summed E-state index contributed by atoms with van der Waals surface area (Å²) in [5, 5.41) is 6.42. The lowest BCUT2D eigenvalue weighted by Crippen LogP contribution is -2.49. The van der Waals surface area contributed by atoms with Crippen LogP contribution in [0.1, 0.15) is 49.8 Å². The fourth-order valence-electron chi connectivity index (χ4n) is 4.96. The smallest absolute Gasteiger partial charge is 0.173 e. The first kappa shape index (κ1) is 21.7. The molecule has 0 fully saturated rings. The van der Waals surface area contributed by atoms with E-state index in [1.54, 1.807) is 0 Å². The van der Waals surface area contributed by atoms with Crippen LogP contribution in [0.2, 0.25) is 0 Å². The first-order valence-electron chi connectivity index (χ1n) is 11.7. The monoisotopic (exact) mass is 456 g/mol. The standard InChI is InChI=1S/C28H28N2O2S/c1-2-17-30-22-13-8-14-23(31)26(22)27(29-28(30)33)25-21-12-7-6-11-20(21)15-16-24(25)32-18-19-9-4-3-5-10-19/h3-7,9-12,15-16,27H,2,8,13-14,17-18H2,1H3,(H,29,33). The molecule has 168 valence electrons. The van der Waals surface area contributed by atoms with Crippen molar-refractivity contribution in [3.63, 3.8) is 0 Å². The Morgan fingerprint density at radius 2 is 1.82 bits per heavy atom. The lowest BCUT2D eigenvalue weighted by atomic mass is 9.83. The van der Waals surface area contributed by atoms with E-state index in [9.17, 15) is 4.79 Å². The van der Waals surface area contributed by atoms with Crippen molar-refractivity contribution >= 4 is 33.9 Å². The number of Topliss-reactive ketones (excluding diaryl/α,β-unsaturated/α-hetero) is 1. The maximum Gasteiger partial charge on any atom is 0.173 e. The number of carbonyl (C=O) groups is 1. The molecule has 1 aliphatic carbocycles. The Morgan fingerprint density at radius 1 is 1.03 bits per heavy atom. The van der Waals surface area contributed by atoms with Crippen molar-refractivity contribution < 1.29 is 9.53 Å². The highest BCUT2D eigenvalue weighted by Crippen LogP contribution is 2.43. The maximum atomic E-state index is 13.3. The Morgan fingerprint density at radius 3 is 2.64 bits per heavy atom. The summed E-state index contributed by atoms with van der Waals surface area (Å²) in [7, 11) is 0. The van der Waals surface area contributed by atoms with Crippen molar-refractivity contribution in [3.05, 3.63) is 89.1 Å². The van der Waals surface area contributed by atoms with Gasteiger partial charge in [0.1, 0.15) is 12.4 Å². The van der Waals surface area contributed by atoms with Gasteiger partial charge >= 0.3 is 0 Å². The van der Waals surface area contributed by atoms with E-state index in [-0.39, 0.29) is 11.8 Å². The van der Waals surface area contributed by atoms with Crippen LogP contribution < -0.4 is 10.1 Å². The molecule has 33 heavy (non-hydrogen) atoms. The van der Waals surface area contributed by atoms with Gasteiger partial charge in [-0.05, 0) is 53.9 Å². The molecule has 5 heteroatoms. The number of hydrogen-bond donors (Lipinski definition) is 1. The van der Waals surface area contributed by atoms with Gasteiger partial charge < -0.3 is 15.0 Å². The number of rotatable bonds is 6. The second kappa shape index (κ2) is 9.36. The van der Waals surface area contributed by atoms with E-state index in [4.69, 9.17) is 17.0 Å². The fraction of sp³-hybridized carbons (Fsp3) is 0.286. The lowest BCUT2D eigenvalue weighted by Gasteiger charge is -2.41. The van der Waals surface area contributed by atoms with E-state index in [0.717, 1.165) is 64.7 Å². The molecule has 2 aliphatic rings. The zero-order chi connectivity index (χ0) is 22.8. The van der Waals surface area contributed by atoms with E-state index in [2.05, 4.69) is 47.5 Å². The lowest BCUT2D eigenvalue weighted by molar-refractivity contribution is -0.116. The molecule has 3 aromatic carbocycles.